The molecule has 0 aliphatic carbocycles. The third-order valence-corrected chi connectivity index (χ3v) is 1.10. The van der Waals surface area contributed by atoms with Crippen LogP contribution >= 0.6 is 0 Å². The lowest BCUT2D eigenvalue weighted by molar-refractivity contribution is -0.607. The number of hydrogen-bond acceptors (Lipinski definition) is 2. The first-order valence-corrected chi connectivity index (χ1v) is 2.74. The first kappa shape index (κ1) is 6.54. The van der Waals surface area contributed by atoms with Gasteiger partial charge in [-0.3, -0.25) is 5.41 Å². The van der Waals surface area contributed by atoms with E-state index in [4.69, 9.17) is 11.1 Å². The van der Waals surface area contributed by atoms with E-state index >= 15 is 0 Å². The van der Waals surface area contributed by atoms with Crippen molar-refractivity contribution in [3.05, 3.63) is 35.3 Å². The number of nitrogens with zero attached hydrogens (tertiary/aromatic N) is 1. The summed E-state index contributed by atoms with van der Waals surface area (Å²) in [6, 6.07) is 4.74. The van der Waals surface area contributed by atoms with E-state index in [1.807, 2.05) is 0 Å². The molecule has 1 aromatic rings. The van der Waals surface area contributed by atoms with Crippen LogP contribution in [0.1, 0.15) is 5.69 Å². The summed E-state index contributed by atoms with van der Waals surface area (Å²) in [4.78, 5) is 0. The van der Waals surface area contributed by atoms with Crippen molar-refractivity contribution >= 4 is 5.84 Å². The molecule has 3 N–H and O–H groups in total. The first-order valence-electron chi connectivity index (χ1n) is 2.74. The number of pyridine rings is 1. The molecule has 0 amide bonds. The molecule has 10 heavy (non-hydrogen) atoms. The molecule has 1 heterocycles. The Labute approximate surface area is 58.0 Å². The van der Waals surface area contributed by atoms with Crippen LogP contribution in [0.25, 0.3) is 0 Å². The minimum atomic E-state index is -0.212. The lowest BCUT2D eigenvalue weighted by atomic mass is 10.3. The Morgan fingerprint density at radius 2 is 2.30 bits per heavy atom. The number of rotatable bonds is 1. The van der Waals surface area contributed by atoms with E-state index in [1.54, 1.807) is 12.1 Å². The molecule has 0 aliphatic heterocycles. The molecular weight excluding hydrogens is 130 g/mol. The molecule has 0 bridgehead atoms. The van der Waals surface area contributed by atoms with Gasteiger partial charge in [-0.05, 0) is 6.07 Å². The normalized spacial score (nSPS) is 9.20. The lowest BCUT2D eigenvalue weighted by Crippen LogP contribution is -2.36. The fraction of sp³-hybridized carbons (Fsp3) is 0. The van der Waals surface area contributed by atoms with E-state index in [9.17, 15) is 5.21 Å². The molecule has 52 valence electrons. The van der Waals surface area contributed by atoms with Crippen molar-refractivity contribution in [1.29, 1.82) is 5.41 Å². The molecule has 0 saturated carbocycles. The fourth-order valence-corrected chi connectivity index (χ4v) is 0.637. The molecular formula is C6H7N3O. The van der Waals surface area contributed by atoms with Crippen molar-refractivity contribution in [3.63, 3.8) is 0 Å². The van der Waals surface area contributed by atoms with Crippen molar-refractivity contribution in [2.75, 3.05) is 0 Å². The lowest BCUT2D eigenvalue weighted by Gasteiger charge is -1.99. The van der Waals surface area contributed by atoms with Crippen LogP contribution in [-0.4, -0.2) is 5.84 Å². The van der Waals surface area contributed by atoms with Crippen molar-refractivity contribution in [2.45, 2.75) is 0 Å². The Morgan fingerprint density at radius 3 is 2.70 bits per heavy atom. The fourth-order valence-electron chi connectivity index (χ4n) is 0.637. The van der Waals surface area contributed by atoms with Crippen molar-refractivity contribution in [3.8, 4) is 0 Å². The van der Waals surface area contributed by atoms with Crippen LogP contribution in [0, 0.1) is 10.6 Å². The van der Waals surface area contributed by atoms with Gasteiger partial charge in [0.15, 0.2) is 12.0 Å². The molecule has 0 unspecified atom stereocenters. The quantitative estimate of drug-likeness (QED) is 0.239. The van der Waals surface area contributed by atoms with Gasteiger partial charge in [0.05, 0.1) is 0 Å². The van der Waals surface area contributed by atoms with Gasteiger partial charge in [-0.1, -0.05) is 0 Å². The maximum atomic E-state index is 10.8. The van der Waals surface area contributed by atoms with Crippen LogP contribution in [-0.2, 0) is 0 Å². The third kappa shape index (κ3) is 1.05. The Hall–Kier alpha value is -1.58. The summed E-state index contributed by atoms with van der Waals surface area (Å²) in [5.41, 5.74) is 5.26. The van der Waals surface area contributed by atoms with Crippen LogP contribution in [0.15, 0.2) is 24.4 Å². The van der Waals surface area contributed by atoms with Gasteiger partial charge in [0.1, 0.15) is 0 Å². The number of nitrogens with two attached hydrogens (primary N) is 1. The Kier molecular flexibility index (Phi) is 1.53. The van der Waals surface area contributed by atoms with Crippen LogP contribution in [0.4, 0.5) is 0 Å². The number of amidine groups is 1. The van der Waals surface area contributed by atoms with Gasteiger partial charge in [-0.25, -0.2) is 0 Å². The van der Waals surface area contributed by atoms with Gasteiger partial charge in [0.25, 0.3) is 5.69 Å². The minimum absolute atomic E-state index is 0.183. The first-order chi connectivity index (χ1) is 4.72. The van der Waals surface area contributed by atoms with E-state index in [0.29, 0.717) is 4.73 Å². The van der Waals surface area contributed by atoms with Crippen LogP contribution in [0.5, 0.6) is 0 Å². The van der Waals surface area contributed by atoms with E-state index in [2.05, 4.69) is 0 Å². The summed E-state index contributed by atoms with van der Waals surface area (Å²) >= 11 is 0. The summed E-state index contributed by atoms with van der Waals surface area (Å²) < 4.78 is 0.558. The molecule has 4 nitrogen and oxygen atoms in total. The SMILES string of the molecule is N=C(N)c1cccc[n+]1[O-]. The average molecular weight is 137 g/mol. The largest absolute Gasteiger partial charge is 0.618 e. The van der Waals surface area contributed by atoms with Crippen LogP contribution < -0.4 is 10.5 Å². The van der Waals surface area contributed by atoms with E-state index in [1.165, 1.54) is 12.3 Å². The third-order valence-electron chi connectivity index (χ3n) is 1.10. The van der Waals surface area contributed by atoms with E-state index < -0.39 is 0 Å². The standard InChI is InChI=1S/C6H7N3O/c7-6(8)5-3-1-2-4-9(5)10/h1-4H,(H3,7,8). The second-order valence-electron chi connectivity index (χ2n) is 1.83. The van der Waals surface area contributed by atoms with Gasteiger partial charge in [0, 0.05) is 12.1 Å². The monoisotopic (exact) mass is 137 g/mol. The average Bonchev–Trinajstić information content (AvgIpc) is 1.88. The highest BCUT2D eigenvalue weighted by Crippen LogP contribution is 1.86. The highest BCUT2D eigenvalue weighted by molar-refractivity contribution is 5.91. The van der Waals surface area contributed by atoms with E-state index in [0.717, 1.165) is 0 Å². The summed E-state index contributed by atoms with van der Waals surface area (Å²) in [7, 11) is 0. The zero-order chi connectivity index (χ0) is 7.56. The van der Waals surface area contributed by atoms with Gasteiger partial charge in [-0.15, -0.1) is 0 Å². The number of nitrogen functional groups attached to an aromatic ring is 1. The predicted molar refractivity (Wildman–Crippen MR) is 36.4 cm³/mol. The second-order valence-corrected chi connectivity index (χ2v) is 1.83. The second kappa shape index (κ2) is 2.34. The van der Waals surface area contributed by atoms with Crippen LogP contribution in [0.2, 0.25) is 0 Å². The molecule has 0 aromatic carbocycles. The van der Waals surface area contributed by atoms with Crippen LogP contribution in [0.3, 0.4) is 0 Å². The Balaban J connectivity index is 3.15. The minimum Gasteiger partial charge on any atom is -0.618 e. The maximum Gasteiger partial charge on any atom is 0.258 e. The van der Waals surface area contributed by atoms with Gasteiger partial charge < -0.3 is 10.9 Å². The molecule has 0 aliphatic rings. The zero-order valence-electron chi connectivity index (χ0n) is 5.24. The van der Waals surface area contributed by atoms with Crippen molar-refractivity contribution in [1.82, 2.24) is 0 Å². The summed E-state index contributed by atoms with van der Waals surface area (Å²) in [6.45, 7) is 0. The van der Waals surface area contributed by atoms with Gasteiger partial charge in [0.2, 0.25) is 0 Å². The summed E-state index contributed by atoms with van der Waals surface area (Å²) in [5, 5.41) is 17.7. The van der Waals surface area contributed by atoms with Crippen molar-refractivity contribution in [2.24, 2.45) is 5.73 Å². The van der Waals surface area contributed by atoms with Gasteiger partial charge in [-0.2, -0.15) is 4.73 Å². The Bertz CT molecular complexity index is 259. The summed E-state index contributed by atoms with van der Waals surface area (Å²) in [5.74, 6) is -0.212. The maximum absolute atomic E-state index is 10.8. The molecule has 0 fully saturated rings. The van der Waals surface area contributed by atoms with E-state index in [-0.39, 0.29) is 11.5 Å². The molecule has 0 atom stereocenters. The molecule has 1 aromatic heterocycles. The Morgan fingerprint density at radius 1 is 1.60 bits per heavy atom. The molecule has 0 spiro atoms. The van der Waals surface area contributed by atoms with Crippen molar-refractivity contribution < 1.29 is 4.73 Å². The molecule has 0 radical (unpaired) electrons. The highest BCUT2D eigenvalue weighted by atomic mass is 16.5. The zero-order valence-corrected chi connectivity index (χ0v) is 5.24. The summed E-state index contributed by atoms with van der Waals surface area (Å²) in [6.07, 6.45) is 1.30. The molecule has 1 rings (SSSR count). The molecule has 0 saturated heterocycles. The highest BCUT2D eigenvalue weighted by Gasteiger charge is 2.04. The molecule has 4 heteroatoms. The predicted octanol–water partition coefficient (Wildman–Crippen LogP) is -0.396. The number of nitrogens with one attached hydrogen (secondary N) is 1. The number of aromatic nitrogens is 1. The number of hydrogen-bond donors (Lipinski definition) is 2. The topological polar surface area (TPSA) is 76.8 Å². The van der Waals surface area contributed by atoms with Gasteiger partial charge >= 0.3 is 0 Å². The smallest absolute Gasteiger partial charge is 0.258 e.